The largest absolute Gasteiger partial charge is 0.481 e. The lowest BCUT2D eigenvalue weighted by atomic mass is 10.0. The van der Waals surface area contributed by atoms with Gasteiger partial charge in [0.25, 0.3) is 0 Å². The summed E-state index contributed by atoms with van der Waals surface area (Å²) in [6.07, 6.45) is 4.79. The number of amides is 3. The summed E-state index contributed by atoms with van der Waals surface area (Å²) >= 11 is 0. The van der Waals surface area contributed by atoms with Gasteiger partial charge in [0.1, 0.15) is 18.1 Å². The van der Waals surface area contributed by atoms with Crippen LogP contribution in [0.2, 0.25) is 0 Å². The number of rotatable bonds is 12. The van der Waals surface area contributed by atoms with Crippen LogP contribution in [0.15, 0.2) is 43.0 Å². The van der Waals surface area contributed by atoms with Gasteiger partial charge in [0.05, 0.1) is 18.8 Å². The quantitative estimate of drug-likeness (QED) is 0.154. The summed E-state index contributed by atoms with van der Waals surface area (Å²) < 4.78 is 0. The number of fused-ring (bicyclic) bond motifs is 1. The third-order valence-electron chi connectivity index (χ3n) is 6.88. The molecule has 8 N–H and O–H groups in total. The van der Waals surface area contributed by atoms with Crippen LogP contribution in [0, 0.1) is 0 Å². The number of aliphatic carboxylic acids is 2. The highest BCUT2D eigenvalue weighted by molar-refractivity contribution is 5.96. The molecule has 0 saturated carbocycles. The molecule has 1 aliphatic rings. The lowest BCUT2D eigenvalue weighted by Gasteiger charge is -2.28. The van der Waals surface area contributed by atoms with Crippen molar-refractivity contribution in [3.05, 3.63) is 54.2 Å². The second-order valence-corrected chi connectivity index (χ2v) is 9.70. The summed E-state index contributed by atoms with van der Waals surface area (Å²) in [4.78, 5) is 73.8. The van der Waals surface area contributed by atoms with Gasteiger partial charge in [0.15, 0.2) is 0 Å². The van der Waals surface area contributed by atoms with E-state index >= 15 is 0 Å². The molecule has 2 aromatic heterocycles. The summed E-state index contributed by atoms with van der Waals surface area (Å²) in [7, 11) is 0. The van der Waals surface area contributed by atoms with Gasteiger partial charge in [0.2, 0.25) is 17.7 Å². The SMILES string of the molecule is NC(Cc1cnc[nH]1)C(=O)N1CCCC1C(=O)NC(CC(=O)O)C(=O)NC(Cc1c[nH]c2ccccc12)C(=O)O. The molecule has 3 heterocycles. The Balaban J connectivity index is 1.43. The molecule has 1 fully saturated rings. The Morgan fingerprint density at radius 3 is 2.55 bits per heavy atom. The highest BCUT2D eigenvalue weighted by atomic mass is 16.4. The first-order chi connectivity index (χ1) is 19.1. The van der Waals surface area contributed by atoms with Gasteiger partial charge in [-0.15, -0.1) is 0 Å². The first-order valence-electron chi connectivity index (χ1n) is 12.8. The molecule has 40 heavy (non-hydrogen) atoms. The van der Waals surface area contributed by atoms with Gasteiger partial charge in [-0.05, 0) is 24.5 Å². The first kappa shape index (κ1) is 28.3. The summed E-state index contributed by atoms with van der Waals surface area (Å²) in [5.41, 5.74) is 8.16. The number of aromatic nitrogens is 3. The fourth-order valence-corrected chi connectivity index (χ4v) is 4.88. The van der Waals surface area contributed by atoms with Crippen LogP contribution in [-0.2, 0) is 36.8 Å². The van der Waals surface area contributed by atoms with Crippen molar-refractivity contribution in [2.24, 2.45) is 5.73 Å². The molecule has 1 saturated heterocycles. The van der Waals surface area contributed by atoms with Crippen LogP contribution in [0.25, 0.3) is 10.9 Å². The molecule has 14 heteroatoms. The average molecular weight is 554 g/mol. The van der Waals surface area contributed by atoms with Gasteiger partial charge in [-0.2, -0.15) is 0 Å². The van der Waals surface area contributed by atoms with E-state index < -0.39 is 60.2 Å². The Morgan fingerprint density at radius 1 is 1.07 bits per heavy atom. The normalized spacial score (nSPS) is 17.2. The van der Waals surface area contributed by atoms with Crippen molar-refractivity contribution in [1.29, 1.82) is 0 Å². The van der Waals surface area contributed by atoms with Crippen LogP contribution >= 0.6 is 0 Å². The zero-order valence-electron chi connectivity index (χ0n) is 21.5. The fraction of sp³-hybridized carbons (Fsp3) is 0.385. The lowest BCUT2D eigenvalue weighted by Crippen LogP contribution is -2.57. The topological polar surface area (TPSA) is 224 Å². The van der Waals surface area contributed by atoms with Crippen molar-refractivity contribution < 1.29 is 34.2 Å². The van der Waals surface area contributed by atoms with Gasteiger partial charge in [-0.3, -0.25) is 19.2 Å². The number of likely N-dealkylation sites (tertiary alicyclic amines) is 1. The molecule has 1 aliphatic heterocycles. The summed E-state index contributed by atoms with van der Waals surface area (Å²) in [5.74, 6) is -4.83. The maximum absolute atomic E-state index is 13.2. The van der Waals surface area contributed by atoms with E-state index in [9.17, 15) is 34.2 Å². The second kappa shape index (κ2) is 12.4. The molecule has 0 radical (unpaired) electrons. The molecule has 4 atom stereocenters. The Labute approximate surface area is 228 Å². The number of carbonyl (C=O) groups is 5. The van der Waals surface area contributed by atoms with E-state index in [1.54, 1.807) is 18.5 Å². The first-order valence-corrected chi connectivity index (χ1v) is 12.8. The predicted molar refractivity (Wildman–Crippen MR) is 141 cm³/mol. The van der Waals surface area contributed by atoms with E-state index in [0.29, 0.717) is 24.1 Å². The van der Waals surface area contributed by atoms with E-state index in [0.717, 1.165) is 10.9 Å². The van der Waals surface area contributed by atoms with Crippen molar-refractivity contribution in [2.45, 2.75) is 56.3 Å². The Kier molecular flexibility index (Phi) is 8.79. The van der Waals surface area contributed by atoms with Crippen LogP contribution in [0.1, 0.15) is 30.5 Å². The van der Waals surface area contributed by atoms with Gasteiger partial charge < -0.3 is 41.4 Å². The summed E-state index contributed by atoms with van der Waals surface area (Å²) in [6.45, 7) is 0.273. The molecule has 0 spiro atoms. The van der Waals surface area contributed by atoms with Gasteiger partial charge in [0, 0.05) is 48.4 Å². The van der Waals surface area contributed by atoms with E-state index in [1.807, 2.05) is 18.2 Å². The lowest BCUT2D eigenvalue weighted by molar-refractivity contribution is -0.144. The molecule has 212 valence electrons. The standard InChI is InChI=1S/C26H31N7O7/c27-17(9-15-12-28-13-30-15)25(38)33-7-3-6-21(33)24(37)31-19(10-22(34)35)23(36)32-20(26(39)40)8-14-11-29-18-5-2-1-4-16(14)18/h1-2,4-5,11-13,17,19-21,29H,3,6-10,27H2,(H,28,30)(H,31,37)(H,32,36)(H,34,35)(H,39,40). The minimum Gasteiger partial charge on any atom is -0.481 e. The number of hydrogen-bond donors (Lipinski definition) is 7. The smallest absolute Gasteiger partial charge is 0.326 e. The number of carboxylic acids is 2. The molecule has 4 rings (SSSR count). The Bertz CT molecular complexity index is 1390. The highest BCUT2D eigenvalue weighted by Crippen LogP contribution is 2.21. The summed E-state index contributed by atoms with van der Waals surface area (Å²) in [6, 6.07) is 2.42. The maximum atomic E-state index is 13.2. The molecule has 14 nitrogen and oxygen atoms in total. The number of nitrogens with one attached hydrogen (secondary N) is 4. The third-order valence-corrected chi connectivity index (χ3v) is 6.88. The zero-order chi connectivity index (χ0) is 28.8. The van der Waals surface area contributed by atoms with E-state index in [-0.39, 0.29) is 19.4 Å². The number of imidazole rings is 1. The van der Waals surface area contributed by atoms with Gasteiger partial charge >= 0.3 is 11.9 Å². The number of carbonyl (C=O) groups excluding carboxylic acids is 3. The van der Waals surface area contributed by atoms with E-state index in [2.05, 4.69) is 25.6 Å². The second-order valence-electron chi connectivity index (χ2n) is 9.70. The molecule has 3 amide bonds. The molecular formula is C26H31N7O7. The van der Waals surface area contributed by atoms with E-state index in [4.69, 9.17) is 5.73 Å². The molecule has 0 aliphatic carbocycles. The third kappa shape index (κ3) is 6.64. The molecule has 4 unspecified atom stereocenters. The Hall–Kier alpha value is -4.72. The summed E-state index contributed by atoms with van der Waals surface area (Å²) in [5, 5.41) is 24.7. The van der Waals surface area contributed by atoms with Crippen molar-refractivity contribution in [3.63, 3.8) is 0 Å². The minimum absolute atomic E-state index is 0.0715. The molecule has 1 aromatic carbocycles. The molecule has 3 aromatic rings. The number of H-pyrrole nitrogens is 2. The van der Waals surface area contributed by atoms with E-state index in [1.165, 1.54) is 11.2 Å². The zero-order valence-corrected chi connectivity index (χ0v) is 21.5. The molecular weight excluding hydrogens is 522 g/mol. The monoisotopic (exact) mass is 553 g/mol. The predicted octanol–water partition coefficient (Wildman–Crippen LogP) is -0.477. The maximum Gasteiger partial charge on any atom is 0.326 e. The average Bonchev–Trinajstić information content (AvgIpc) is 3.68. The number of nitrogens with two attached hydrogens (primary N) is 1. The Morgan fingerprint density at radius 2 is 1.85 bits per heavy atom. The van der Waals surface area contributed by atoms with Gasteiger partial charge in [-0.25, -0.2) is 9.78 Å². The molecule has 0 bridgehead atoms. The van der Waals surface area contributed by atoms with Gasteiger partial charge in [-0.1, -0.05) is 18.2 Å². The van der Waals surface area contributed by atoms with Crippen LogP contribution < -0.4 is 16.4 Å². The van der Waals surface area contributed by atoms with Crippen LogP contribution in [-0.4, -0.2) is 90.4 Å². The van der Waals surface area contributed by atoms with Crippen molar-refractivity contribution >= 4 is 40.6 Å². The van der Waals surface area contributed by atoms with Crippen LogP contribution in [0.3, 0.4) is 0 Å². The van der Waals surface area contributed by atoms with Crippen molar-refractivity contribution in [1.82, 2.24) is 30.5 Å². The number of hydrogen-bond acceptors (Lipinski definition) is 7. The minimum atomic E-state index is -1.56. The number of para-hydroxylation sites is 1. The number of carboxylic acid groups (broad SMARTS) is 2. The van der Waals surface area contributed by atoms with Crippen LogP contribution in [0.5, 0.6) is 0 Å². The van der Waals surface area contributed by atoms with Crippen molar-refractivity contribution in [3.8, 4) is 0 Å². The number of aromatic amines is 2. The number of benzene rings is 1. The van der Waals surface area contributed by atoms with Crippen molar-refractivity contribution in [2.75, 3.05) is 6.54 Å². The highest BCUT2D eigenvalue weighted by Gasteiger charge is 2.38. The number of nitrogens with zero attached hydrogens (tertiary/aromatic N) is 2. The fourth-order valence-electron chi connectivity index (χ4n) is 4.88. The van der Waals surface area contributed by atoms with Crippen LogP contribution in [0.4, 0.5) is 0 Å².